The lowest BCUT2D eigenvalue weighted by Gasteiger charge is -2.27. The predicted octanol–water partition coefficient (Wildman–Crippen LogP) is 4.60. The largest absolute Gasteiger partial charge is 0.452 e. The van der Waals surface area contributed by atoms with E-state index in [4.69, 9.17) is 9.15 Å². The van der Waals surface area contributed by atoms with E-state index in [1.807, 2.05) is 68.4 Å². The summed E-state index contributed by atoms with van der Waals surface area (Å²) in [5.41, 5.74) is 2.61. The number of hydrogen-bond donors (Lipinski definition) is 1. The number of ether oxygens (including phenoxy) is 1. The summed E-state index contributed by atoms with van der Waals surface area (Å²) in [5.74, 6) is -0.900. The van der Waals surface area contributed by atoms with E-state index in [2.05, 4.69) is 5.32 Å². The second kappa shape index (κ2) is 9.96. The first kappa shape index (κ1) is 22.8. The minimum Gasteiger partial charge on any atom is -0.452 e. The van der Waals surface area contributed by atoms with Gasteiger partial charge in [-0.25, -0.2) is 9.59 Å². The van der Waals surface area contributed by atoms with Crippen LogP contribution >= 0.6 is 0 Å². The number of nitrogens with one attached hydrogen (secondary N) is 1. The van der Waals surface area contributed by atoms with Crippen molar-refractivity contribution < 1.29 is 18.7 Å². The van der Waals surface area contributed by atoms with Crippen molar-refractivity contribution in [1.82, 2.24) is 0 Å². The Balaban J connectivity index is 1.69. The third-order valence-corrected chi connectivity index (χ3v) is 4.86. The lowest BCUT2D eigenvalue weighted by atomic mass is 10.1. The van der Waals surface area contributed by atoms with Crippen molar-refractivity contribution >= 4 is 28.9 Å². The summed E-state index contributed by atoms with van der Waals surface area (Å²) in [5, 5.41) is 3.30. The summed E-state index contributed by atoms with van der Waals surface area (Å²) >= 11 is 0. The summed E-state index contributed by atoms with van der Waals surface area (Å²) in [7, 11) is 0. The van der Waals surface area contributed by atoms with Gasteiger partial charge in [-0.3, -0.25) is 4.79 Å². The fraction of sp³-hybridized carbons (Fsp3) is 0.240. The number of carbonyl (C=O) groups excluding carboxylic acids is 2. The number of rotatable bonds is 7. The fourth-order valence-corrected chi connectivity index (χ4v) is 3.46. The van der Waals surface area contributed by atoms with Crippen LogP contribution in [0.2, 0.25) is 0 Å². The third kappa shape index (κ3) is 5.43. The van der Waals surface area contributed by atoms with Crippen molar-refractivity contribution in [3.8, 4) is 0 Å². The first-order valence-electron chi connectivity index (χ1n) is 10.3. The second-order valence-corrected chi connectivity index (χ2v) is 7.65. The van der Waals surface area contributed by atoms with E-state index in [0.29, 0.717) is 11.3 Å². The monoisotopic (exact) mass is 434 g/mol. The van der Waals surface area contributed by atoms with Crippen LogP contribution in [-0.4, -0.2) is 24.5 Å². The molecule has 1 N–H and O–H groups in total. The van der Waals surface area contributed by atoms with Gasteiger partial charge in [0, 0.05) is 29.2 Å². The van der Waals surface area contributed by atoms with Gasteiger partial charge in [0.15, 0.2) is 6.61 Å². The highest BCUT2D eigenvalue weighted by atomic mass is 16.5. The highest BCUT2D eigenvalue weighted by molar-refractivity contribution is 5.98. The van der Waals surface area contributed by atoms with Crippen LogP contribution in [-0.2, 0) is 9.53 Å². The number of amides is 1. The SMILES string of the molecule is Cc1cc(=O)oc(C)c1C(=O)OCC(=O)N(c1ccc(Nc2ccccc2)cc1)C(C)C. The van der Waals surface area contributed by atoms with Crippen LogP contribution < -0.4 is 15.8 Å². The molecule has 0 aliphatic carbocycles. The van der Waals surface area contributed by atoms with Crippen molar-refractivity contribution in [2.24, 2.45) is 0 Å². The first-order chi connectivity index (χ1) is 15.3. The van der Waals surface area contributed by atoms with Crippen molar-refractivity contribution in [3.05, 3.63) is 88.0 Å². The van der Waals surface area contributed by atoms with E-state index in [-0.39, 0.29) is 23.3 Å². The van der Waals surface area contributed by atoms with Crippen LogP contribution in [0.5, 0.6) is 0 Å². The Morgan fingerprint density at radius 1 is 1.00 bits per heavy atom. The molecule has 1 aromatic heterocycles. The summed E-state index contributed by atoms with van der Waals surface area (Å²) in [6.45, 7) is 6.47. The van der Waals surface area contributed by atoms with Gasteiger partial charge in [-0.05, 0) is 69.7 Å². The van der Waals surface area contributed by atoms with Gasteiger partial charge < -0.3 is 19.4 Å². The molecule has 3 aromatic rings. The minimum atomic E-state index is -0.705. The molecule has 0 aliphatic heterocycles. The van der Waals surface area contributed by atoms with Gasteiger partial charge in [0.25, 0.3) is 5.91 Å². The Hall–Kier alpha value is -3.87. The van der Waals surface area contributed by atoms with Gasteiger partial charge in [0.1, 0.15) is 11.3 Å². The molecule has 3 rings (SSSR count). The molecule has 0 radical (unpaired) electrons. The molecule has 2 aromatic carbocycles. The van der Waals surface area contributed by atoms with Crippen LogP contribution in [0.15, 0.2) is 69.9 Å². The Kier molecular flexibility index (Phi) is 7.10. The van der Waals surface area contributed by atoms with E-state index in [1.54, 1.807) is 11.8 Å². The Morgan fingerprint density at radius 2 is 1.62 bits per heavy atom. The van der Waals surface area contributed by atoms with Gasteiger partial charge in [0.05, 0.1) is 0 Å². The van der Waals surface area contributed by atoms with Crippen molar-refractivity contribution in [2.75, 3.05) is 16.8 Å². The highest BCUT2D eigenvalue weighted by Gasteiger charge is 2.23. The molecule has 166 valence electrons. The van der Waals surface area contributed by atoms with Crippen molar-refractivity contribution in [3.63, 3.8) is 0 Å². The average molecular weight is 434 g/mol. The molecule has 1 heterocycles. The molecule has 0 atom stereocenters. The van der Waals surface area contributed by atoms with Crippen LogP contribution in [0.1, 0.15) is 35.5 Å². The third-order valence-electron chi connectivity index (χ3n) is 4.86. The summed E-state index contributed by atoms with van der Waals surface area (Å²) in [6, 6.07) is 18.3. The van der Waals surface area contributed by atoms with Crippen molar-refractivity contribution in [1.29, 1.82) is 0 Å². The number of anilines is 3. The zero-order valence-electron chi connectivity index (χ0n) is 18.5. The summed E-state index contributed by atoms with van der Waals surface area (Å²) in [6.07, 6.45) is 0. The molecule has 7 nitrogen and oxygen atoms in total. The lowest BCUT2D eigenvalue weighted by Crippen LogP contribution is -2.40. The normalized spacial score (nSPS) is 10.7. The summed E-state index contributed by atoms with van der Waals surface area (Å²) < 4.78 is 10.2. The van der Waals surface area contributed by atoms with E-state index in [0.717, 1.165) is 11.4 Å². The van der Waals surface area contributed by atoms with Crippen molar-refractivity contribution in [2.45, 2.75) is 33.7 Å². The van der Waals surface area contributed by atoms with Crippen LogP contribution in [0.25, 0.3) is 0 Å². The predicted molar refractivity (Wildman–Crippen MR) is 124 cm³/mol. The van der Waals surface area contributed by atoms with E-state index in [1.165, 1.54) is 13.0 Å². The smallest absolute Gasteiger partial charge is 0.342 e. The Labute approximate surface area is 186 Å². The molecule has 0 spiro atoms. The number of benzene rings is 2. The minimum absolute atomic E-state index is 0.146. The number of hydrogen-bond acceptors (Lipinski definition) is 6. The molecule has 7 heteroatoms. The molecule has 0 aliphatic rings. The fourth-order valence-electron chi connectivity index (χ4n) is 3.46. The molecule has 32 heavy (non-hydrogen) atoms. The van der Waals surface area contributed by atoms with Gasteiger partial charge in [-0.1, -0.05) is 18.2 Å². The molecule has 0 bridgehead atoms. The van der Waals surface area contributed by atoms with Gasteiger partial charge in [-0.15, -0.1) is 0 Å². The number of carbonyl (C=O) groups is 2. The van der Waals surface area contributed by atoms with Crippen LogP contribution in [0, 0.1) is 13.8 Å². The maximum absolute atomic E-state index is 12.9. The number of nitrogens with zero attached hydrogens (tertiary/aromatic N) is 1. The number of para-hydroxylation sites is 1. The molecular formula is C25H26N2O5. The standard InChI is InChI=1S/C25H26N2O5/c1-16(2)27(21-12-10-20(11-13-21)26-19-8-6-5-7-9-19)22(28)15-31-25(30)24-17(3)14-23(29)32-18(24)4/h5-14,16,26H,15H2,1-4H3. The maximum atomic E-state index is 12.9. The van der Waals surface area contributed by atoms with E-state index < -0.39 is 18.2 Å². The maximum Gasteiger partial charge on any atom is 0.342 e. The topological polar surface area (TPSA) is 88.9 Å². The average Bonchev–Trinajstić information content (AvgIpc) is 2.73. The first-order valence-corrected chi connectivity index (χ1v) is 10.3. The van der Waals surface area contributed by atoms with Gasteiger partial charge in [-0.2, -0.15) is 0 Å². The van der Waals surface area contributed by atoms with Crippen LogP contribution in [0.4, 0.5) is 17.1 Å². The Morgan fingerprint density at radius 3 is 2.22 bits per heavy atom. The lowest BCUT2D eigenvalue weighted by molar-refractivity contribution is -0.122. The van der Waals surface area contributed by atoms with Gasteiger partial charge in [0.2, 0.25) is 0 Å². The van der Waals surface area contributed by atoms with Crippen LogP contribution in [0.3, 0.4) is 0 Å². The highest BCUT2D eigenvalue weighted by Crippen LogP contribution is 2.23. The molecule has 1 amide bonds. The Bertz CT molecular complexity index is 1120. The molecular weight excluding hydrogens is 408 g/mol. The molecule has 0 saturated heterocycles. The zero-order chi connectivity index (χ0) is 23.3. The molecule has 0 fully saturated rings. The van der Waals surface area contributed by atoms with E-state index in [9.17, 15) is 14.4 Å². The molecule has 0 saturated carbocycles. The zero-order valence-corrected chi connectivity index (χ0v) is 18.5. The van der Waals surface area contributed by atoms with E-state index >= 15 is 0 Å². The molecule has 0 unspecified atom stereocenters. The summed E-state index contributed by atoms with van der Waals surface area (Å²) in [4.78, 5) is 38.4. The van der Waals surface area contributed by atoms with Gasteiger partial charge >= 0.3 is 11.6 Å². The second-order valence-electron chi connectivity index (χ2n) is 7.65. The number of esters is 1. The quantitative estimate of drug-likeness (QED) is 0.547. The number of aryl methyl sites for hydroxylation is 2.